The van der Waals surface area contributed by atoms with E-state index < -0.39 is 4.92 Å². The zero-order chi connectivity index (χ0) is 9.14. The predicted octanol–water partition coefficient (Wildman–Crippen LogP) is 1.55. The molecule has 12 heavy (non-hydrogen) atoms. The Bertz CT molecular complexity index is 268. The summed E-state index contributed by atoms with van der Waals surface area (Å²) in [4.78, 5) is 10.0. The van der Waals surface area contributed by atoms with Gasteiger partial charge in [0.2, 0.25) is 0 Å². The summed E-state index contributed by atoms with van der Waals surface area (Å²) in [7, 11) is 0. The molecule has 0 radical (unpaired) electrons. The molecule has 0 saturated heterocycles. The van der Waals surface area contributed by atoms with Crippen molar-refractivity contribution in [2.75, 3.05) is 0 Å². The van der Waals surface area contributed by atoms with Crippen molar-refractivity contribution in [1.29, 1.82) is 0 Å². The maximum atomic E-state index is 10.4. The molecule has 0 fully saturated rings. The van der Waals surface area contributed by atoms with E-state index in [0.717, 1.165) is 0 Å². The summed E-state index contributed by atoms with van der Waals surface area (Å²) in [6.45, 7) is 1.62. The molecule has 0 amide bonds. The summed E-state index contributed by atoms with van der Waals surface area (Å²) in [6.07, 6.45) is 1.78. The Morgan fingerprint density at radius 3 is 2.75 bits per heavy atom. The van der Waals surface area contributed by atoms with Crippen LogP contribution >= 0.6 is 0 Å². The highest BCUT2D eigenvalue weighted by atomic mass is 16.6. The van der Waals surface area contributed by atoms with Crippen LogP contribution in [0, 0.1) is 10.1 Å². The molecular weight excluding hydrogens is 160 g/mol. The van der Waals surface area contributed by atoms with E-state index >= 15 is 0 Å². The Morgan fingerprint density at radius 1 is 1.58 bits per heavy atom. The van der Waals surface area contributed by atoms with Gasteiger partial charge in [-0.25, -0.2) is 0 Å². The fraction of sp³-hybridized carbons (Fsp3) is 0.571. The number of allylic oxidation sites excluding steroid dienone is 2. The molecule has 0 heterocycles. The van der Waals surface area contributed by atoms with Crippen LogP contribution in [0.2, 0.25) is 0 Å². The fourth-order valence-corrected chi connectivity index (χ4v) is 1.32. The quantitative estimate of drug-likeness (QED) is 0.368. The first-order chi connectivity index (χ1) is 5.66. The van der Waals surface area contributed by atoms with Crippen LogP contribution in [0.25, 0.3) is 0 Å². The third kappa shape index (κ3) is 1.44. The van der Waals surface area contributed by atoms with Crippen LogP contribution in [0.4, 0.5) is 0 Å². The monoisotopic (exact) mass is 170 g/mol. The van der Waals surface area contributed by atoms with Gasteiger partial charge >= 0.3 is 0 Å². The summed E-state index contributed by atoms with van der Waals surface area (Å²) in [5.74, 6) is 0. The van der Waals surface area contributed by atoms with Crippen LogP contribution in [0.3, 0.4) is 0 Å². The Kier molecular flexibility index (Phi) is 2.42. The Labute approximate surface area is 69.5 Å². The minimum atomic E-state index is -0.403. The van der Waals surface area contributed by atoms with Crippen molar-refractivity contribution >= 4 is 5.71 Å². The molecule has 1 aliphatic rings. The Hall–Kier alpha value is -1.39. The van der Waals surface area contributed by atoms with Crippen molar-refractivity contribution in [3.05, 3.63) is 21.4 Å². The smallest absolute Gasteiger partial charge is 0.251 e. The van der Waals surface area contributed by atoms with Crippen molar-refractivity contribution in [2.45, 2.75) is 26.2 Å². The lowest BCUT2D eigenvalue weighted by Gasteiger charge is -2.11. The van der Waals surface area contributed by atoms with Crippen molar-refractivity contribution in [3.8, 4) is 0 Å². The van der Waals surface area contributed by atoms with Crippen molar-refractivity contribution in [1.82, 2.24) is 0 Å². The van der Waals surface area contributed by atoms with Gasteiger partial charge in [-0.15, -0.1) is 0 Å². The van der Waals surface area contributed by atoms with Gasteiger partial charge in [0.05, 0.1) is 10.6 Å². The average molecular weight is 170 g/mol. The Morgan fingerprint density at radius 2 is 2.25 bits per heavy atom. The van der Waals surface area contributed by atoms with E-state index in [9.17, 15) is 10.1 Å². The first-order valence-electron chi connectivity index (χ1n) is 3.72. The number of nitrogens with zero attached hydrogens (tertiary/aromatic N) is 2. The highest BCUT2D eigenvalue weighted by Gasteiger charge is 2.23. The SMILES string of the molecule is CC1=C([N+](=O)[O-])CCCC1=NO. The van der Waals surface area contributed by atoms with E-state index in [4.69, 9.17) is 5.21 Å². The second kappa shape index (κ2) is 3.34. The maximum absolute atomic E-state index is 10.4. The van der Waals surface area contributed by atoms with E-state index in [1.165, 1.54) is 0 Å². The summed E-state index contributed by atoms with van der Waals surface area (Å²) in [6, 6.07) is 0. The second-order valence-corrected chi connectivity index (χ2v) is 2.73. The van der Waals surface area contributed by atoms with Crippen LogP contribution in [-0.4, -0.2) is 15.8 Å². The lowest BCUT2D eigenvalue weighted by molar-refractivity contribution is -0.429. The van der Waals surface area contributed by atoms with Crippen molar-refractivity contribution in [2.24, 2.45) is 5.16 Å². The normalized spacial score (nSPS) is 21.6. The molecule has 0 saturated carbocycles. The van der Waals surface area contributed by atoms with Gasteiger partial charge in [-0.1, -0.05) is 5.16 Å². The van der Waals surface area contributed by atoms with Gasteiger partial charge in [0.25, 0.3) is 5.70 Å². The molecule has 0 unspecified atom stereocenters. The third-order valence-corrected chi connectivity index (χ3v) is 2.03. The largest absolute Gasteiger partial charge is 0.411 e. The summed E-state index contributed by atoms with van der Waals surface area (Å²) in [5.41, 5.74) is 1.12. The fourth-order valence-electron chi connectivity index (χ4n) is 1.32. The zero-order valence-electron chi connectivity index (χ0n) is 6.78. The van der Waals surface area contributed by atoms with Crippen molar-refractivity contribution < 1.29 is 10.1 Å². The lowest BCUT2D eigenvalue weighted by atomic mass is 9.96. The molecule has 0 aromatic rings. The van der Waals surface area contributed by atoms with Gasteiger partial charge in [0.15, 0.2) is 0 Å². The number of rotatable bonds is 1. The number of hydrogen-bond donors (Lipinski definition) is 1. The van der Waals surface area contributed by atoms with E-state index in [1.807, 2.05) is 0 Å². The van der Waals surface area contributed by atoms with Gasteiger partial charge in [-0.2, -0.15) is 0 Å². The molecule has 66 valence electrons. The van der Waals surface area contributed by atoms with Crippen LogP contribution in [0.1, 0.15) is 26.2 Å². The highest BCUT2D eigenvalue weighted by Crippen LogP contribution is 2.22. The van der Waals surface area contributed by atoms with Crippen LogP contribution < -0.4 is 0 Å². The number of oxime groups is 1. The van der Waals surface area contributed by atoms with Gasteiger partial charge in [0, 0.05) is 12.0 Å². The molecule has 0 aromatic heterocycles. The molecule has 0 atom stereocenters. The molecule has 1 N–H and O–H groups in total. The van der Waals surface area contributed by atoms with Gasteiger partial charge in [-0.3, -0.25) is 10.1 Å². The highest BCUT2D eigenvalue weighted by molar-refractivity contribution is 6.00. The second-order valence-electron chi connectivity index (χ2n) is 2.73. The topological polar surface area (TPSA) is 75.7 Å². The molecular formula is C7H10N2O3. The van der Waals surface area contributed by atoms with E-state index in [2.05, 4.69) is 5.16 Å². The summed E-state index contributed by atoms with van der Waals surface area (Å²) >= 11 is 0. The maximum Gasteiger partial charge on any atom is 0.251 e. The van der Waals surface area contributed by atoms with Gasteiger partial charge in [0.1, 0.15) is 0 Å². The molecule has 5 heteroatoms. The molecule has 0 aliphatic heterocycles. The van der Waals surface area contributed by atoms with E-state index in [-0.39, 0.29) is 5.70 Å². The minimum absolute atomic E-state index is 0.175. The standard InChI is InChI=1S/C7H10N2O3/c1-5-6(8-10)3-2-4-7(5)9(11)12/h10H,2-4H2,1H3. The van der Waals surface area contributed by atoms with Crippen LogP contribution in [0.15, 0.2) is 16.4 Å². The molecule has 1 aliphatic carbocycles. The van der Waals surface area contributed by atoms with Crippen molar-refractivity contribution in [3.63, 3.8) is 0 Å². The summed E-state index contributed by atoms with van der Waals surface area (Å²) in [5, 5.41) is 21.9. The van der Waals surface area contributed by atoms with E-state index in [0.29, 0.717) is 30.5 Å². The molecule has 0 bridgehead atoms. The molecule has 0 spiro atoms. The van der Waals surface area contributed by atoms with Gasteiger partial charge < -0.3 is 5.21 Å². The number of hydrogen-bond acceptors (Lipinski definition) is 4. The Balaban J connectivity index is 3.03. The first-order valence-corrected chi connectivity index (χ1v) is 3.72. The predicted molar refractivity (Wildman–Crippen MR) is 42.8 cm³/mol. The lowest BCUT2D eigenvalue weighted by Crippen LogP contribution is -2.14. The zero-order valence-corrected chi connectivity index (χ0v) is 6.78. The third-order valence-electron chi connectivity index (χ3n) is 2.03. The summed E-state index contributed by atoms with van der Waals surface area (Å²) < 4.78 is 0. The average Bonchev–Trinajstić information content (AvgIpc) is 2.04. The molecule has 0 aromatic carbocycles. The van der Waals surface area contributed by atoms with Gasteiger partial charge in [-0.05, 0) is 19.8 Å². The number of nitro groups is 1. The van der Waals surface area contributed by atoms with Crippen LogP contribution in [0.5, 0.6) is 0 Å². The van der Waals surface area contributed by atoms with E-state index in [1.54, 1.807) is 6.92 Å². The first kappa shape index (κ1) is 8.70. The minimum Gasteiger partial charge on any atom is -0.411 e. The molecule has 1 rings (SSSR count). The van der Waals surface area contributed by atoms with Crippen LogP contribution in [-0.2, 0) is 0 Å². The molecule has 5 nitrogen and oxygen atoms in total.